The zero-order chi connectivity index (χ0) is 10.4. The number of methoxy groups -OCH3 is 1. The Bertz CT molecular complexity index is 348. The number of aromatic nitrogens is 1. The lowest BCUT2D eigenvalue weighted by atomic mass is 10.2. The largest absolute Gasteiger partial charge is 0.469 e. The molecular formula is C10H12N2O2. The number of ether oxygens (including phenoxy) is 1. The van der Waals surface area contributed by atoms with Crippen LogP contribution in [0.15, 0.2) is 24.5 Å². The molecule has 0 amide bonds. The van der Waals surface area contributed by atoms with E-state index in [2.05, 4.69) is 9.72 Å². The van der Waals surface area contributed by atoms with Crippen molar-refractivity contribution in [2.45, 2.75) is 6.42 Å². The second kappa shape index (κ2) is 5.01. The molecule has 14 heavy (non-hydrogen) atoms. The summed E-state index contributed by atoms with van der Waals surface area (Å²) in [5, 5.41) is 0. The van der Waals surface area contributed by atoms with Crippen LogP contribution in [0.2, 0.25) is 0 Å². The number of rotatable bonds is 3. The number of nitrogens with zero attached hydrogens (tertiary/aromatic N) is 1. The number of anilines is 1. The molecule has 1 heterocycles. The van der Waals surface area contributed by atoms with Crippen molar-refractivity contribution in [1.29, 1.82) is 0 Å². The lowest BCUT2D eigenvalue weighted by Crippen LogP contribution is -1.96. The zero-order valence-electron chi connectivity index (χ0n) is 7.93. The monoisotopic (exact) mass is 192 g/mol. The molecule has 0 saturated carbocycles. The van der Waals surface area contributed by atoms with Gasteiger partial charge in [0, 0.05) is 23.6 Å². The highest BCUT2D eigenvalue weighted by atomic mass is 16.5. The van der Waals surface area contributed by atoms with Crippen LogP contribution in [0.1, 0.15) is 12.0 Å². The number of hydrogen-bond acceptors (Lipinski definition) is 4. The lowest BCUT2D eigenvalue weighted by Gasteiger charge is -1.97. The number of hydrogen-bond donors (Lipinski definition) is 1. The Hall–Kier alpha value is -1.84. The molecule has 1 aromatic heterocycles. The molecule has 0 bridgehead atoms. The van der Waals surface area contributed by atoms with Gasteiger partial charge in [0.25, 0.3) is 0 Å². The molecule has 0 radical (unpaired) electrons. The van der Waals surface area contributed by atoms with Crippen LogP contribution < -0.4 is 5.73 Å². The number of carbonyl (C=O) groups excluding carboxylic acids is 1. The number of nitrogen functional groups attached to an aromatic ring is 1. The SMILES string of the molecule is COC(=O)CC=Cc1cnccc1N. The fraction of sp³-hybridized carbons (Fsp3) is 0.200. The molecule has 0 aromatic carbocycles. The summed E-state index contributed by atoms with van der Waals surface area (Å²) in [5.41, 5.74) is 7.10. The minimum absolute atomic E-state index is 0.241. The molecule has 0 aliphatic rings. The van der Waals surface area contributed by atoms with E-state index in [0.29, 0.717) is 5.69 Å². The summed E-state index contributed by atoms with van der Waals surface area (Å²) >= 11 is 0. The summed E-state index contributed by atoms with van der Waals surface area (Å²) < 4.78 is 4.48. The number of nitrogens with two attached hydrogens (primary N) is 1. The van der Waals surface area contributed by atoms with Gasteiger partial charge in [-0.3, -0.25) is 9.78 Å². The summed E-state index contributed by atoms with van der Waals surface area (Å²) in [6.45, 7) is 0. The van der Waals surface area contributed by atoms with Crippen molar-refractivity contribution in [3.8, 4) is 0 Å². The molecule has 1 aromatic rings. The summed E-state index contributed by atoms with van der Waals surface area (Å²) in [6, 6.07) is 1.71. The highest BCUT2D eigenvalue weighted by Crippen LogP contribution is 2.10. The predicted molar refractivity (Wildman–Crippen MR) is 54.3 cm³/mol. The van der Waals surface area contributed by atoms with Crippen LogP contribution in [0, 0.1) is 0 Å². The highest BCUT2D eigenvalue weighted by Gasteiger charge is 1.96. The first kappa shape index (κ1) is 10.2. The quantitative estimate of drug-likeness (QED) is 0.732. The average Bonchev–Trinajstić information content (AvgIpc) is 2.20. The maximum absolute atomic E-state index is 10.8. The van der Waals surface area contributed by atoms with E-state index in [-0.39, 0.29) is 12.4 Å². The highest BCUT2D eigenvalue weighted by molar-refractivity contribution is 5.73. The van der Waals surface area contributed by atoms with E-state index in [1.807, 2.05) is 0 Å². The summed E-state index contributed by atoms with van der Waals surface area (Å²) in [5.74, 6) is -0.274. The number of pyridine rings is 1. The molecular weight excluding hydrogens is 180 g/mol. The maximum atomic E-state index is 10.8. The van der Waals surface area contributed by atoms with Crippen LogP contribution in [0.5, 0.6) is 0 Å². The topological polar surface area (TPSA) is 65.2 Å². The van der Waals surface area contributed by atoms with Crippen molar-refractivity contribution in [3.05, 3.63) is 30.1 Å². The Labute approximate surface area is 82.4 Å². The van der Waals surface area contributed by atoms with Crippen LogP contribution in [0.4, 0.5) is 5.69 Å². The Morgan fingerprint density at radius 3 is 3.14 bits per heavy atom. The van der Waals surface area contributed by atoms with Crippen molar-refractivity contribution in [1.82, 2.24) is 4.98 Å². The van der Waals surface area contributed by atoms with Crippen molar-refractivity contribution in [2.75, 3.05) is 12.8 Å². The van der Waals surface area contributed by atoms with E-state index >= 15 is 0 Å². The molecule has 0 aliphatic carbocycles. The van der Waals surface area contributed by atoms with E-state index in [0.717, 1.165) is 5.56 Å². The van der Waals surface area contributed by atoms with E-state index in [9.17, 15) is 4.79 Å². The third kappa shape index (κ3) is 2.90. The lowest BCUT2D eigenvalue weighted by molar-refractivity contribution is -0.139. The summed E-state index contributed by atoms with van der Waals surface area (Å²) in [4.78, 5) is 14.7. The fourth-order valence-corrected chi connectivity index (χ4v) is 0.922. The maximum Gasteiger partial charge on any atom is 0.309 e. The third-order valence-corrected chi connectivity index (χ3v) is 1.70. The predicted octanol–water partition coefficient (Wildman–Crippen LogP) is 1.24. The summed E-state index contributed by atoms with van der Waals surface area (Å²) in [7, 11) is 1.36. The van der Waals surface area contributed by atoms with Crippen molar-refractivity contribution in [3.63, 3.8) is 0 Å². The normalized spacial score (nSPS) is 10.4. The average molecular weight is 192 g/mol. The first-order valence-electron chi connectivity index (χ1n) is 4.17. The zero-order valence-corrected chi connectivity index (χ0v) is 7.93. The molecule has 2 N–H and O–H groups in total. The second-order valence-corrected chi connectivity index (χ2v) is 2.69. The minimum Gasteiger partial charge on any atom is -0.469 e. The van der Waals surface area contributed by atoms with Crippen molar-refractivity contribution in [2.24, 2.45) is 0 Å². The van der Waals surface area contributed by atoms with Gasteiger partial charge >= 0.3 is 5.97 Å². The van der Waals surface area contributed by atoms with Gasteiger partial charge in [0.1, 0.15) is 0 Å². The molecule has 74 valence electrons. The Morgan fingerprint density at radius 2 is 2.50 bits per heavy atom. The van der Waals surface area contributed by atoms with Gasteiger partial charge in [-0.15, -0.1) is 0 Å². The molecule has 4 nitrogen and oxygen atoms in total. The molecule has 0 aliphatic heterocycles. The van der Waals surface area contributed by atoms with Gasteiger partial charge in [0.15, 0.2) is 0 Å². The second-order valence-electron chi connectivity index (χ2n) is 2.69. The Morgan fingerprint density at radius 1 is 1.71 bits per heavy atom. The first-order valence-corrected chi connectivity index (χ1v) is 4.17. The number of esters is 1. The molecule has 1 rings (SSSR count). The van der Waals surface area contributed by atoms with Crippen LogP contribution in [0.3, 0.4) is 0 Å². The van der Waals surface area contributed by atoms with Gasteiger partial charge in [-0.25, -0.2) is 0 Å². The smallest absolute Gasteiger partial charge is 0.309 e. The van der Waals surface area contributed by atoms with E-state index in [4.69, 9.17) is 5.73 Å². The first-order chi connectivity index (χ1) is 6.74. The van der Waals surface area contributed by atoms with Gasteiger partial charge in [0.05, 0.1) is 13.5 Å². The van der Waals surface area contributed by atoms with Crippen molar-refractivity contribution < 1.29 is 9.53 Å². The third-order valence-electron chi connectivity index (χ3n) is 1.70. The van der Waals surface area contributed by atoms with Gasteiger partial charge in [-0.2, -0.15) is 0 Å². The van der Waals surface area contributed by atoms with Gasteiger partial charge in [-0.1, -0.05) is 12.2 Å². The fourth-order valence-electron chi connectivity index (χ4n) is 0.922. The number of carbonyl (C=O) groups is 1. The van der Waals surface area contributed by atoms with E-state index in [1.165, 1.54) is 7.11 Å². The molecule has 0 saturated heterocycles. The van der Waals surface area contributed by atoms with E-state index < -0.39 is 0 Å². The molecule has 0 spiro atoms. The molecule has 0 atom stereocenters. The molecule has 4 heteroatoms. The Balaban J connectivity index is 2.60. The van der Waals surface area contributed by atoms with Crippen LogP contribution in [-0.4, -0.2) is 18.1 Å². The van der Waals surface area contributed by atoms with Crippen molar-refractivity contribution >= 4 is 17.7 Å². The van der Waals surface area contributed by atoms with Crippen LogP contribution in [-0.2, 0) is 9.53 Å². The van der Waals surface area contributed by atoms with Gasteiger partial charge < -0.3 is 10.5 Å². The molecule has 0 unspecified atom stereocenters. The van der Waals surface area contributed by atoms with Crippen LogP contribution >= 0.6 is 0 Å². The van der Waals surface area contributed by atoms with Crippen LogP contribution in [0.25, 0.3) is 6.08 Å². The summed E-state index contributed by atoms with van der Waals surface area (Å²) in [6.07, 6.45) is 6.94. The van der Waals surface area contributed by atoms with Gasteiger partial charge in [0.2, 0.25) is 0 Å². The Kier molecular flexibility index (Phi) is 3.67. The van der Waals surface area contributed by atoms with E-state index in [1.54, 1.807) is 30.6 Å². The van der Waals surface area contributed by atoms with Gasteiger partial charge in [-0.05, 0) is 6.07 Å². The standard InChI is InChI=1S/C10H12N2O2/c1-14-10(13)4-2-3-8-7-12-6-5-9(8)11/h2-3,5-7H,4H2,1H3,(H2,11,12). The minimum atomic E-state index is -0.274. The molecule has 0 fully saturated rings.